The molecule has 5 heteroatoms. The molecule has 1 heterocycles. The lowest BCUT2D eigenvalue weighted by Gasteiger charge is -2.27. The number of nitrogens with zero attached hydrogens (tertiary/aromatic N) is 1. The van der Waals surface area contributed by atoms with Crippen LogP contribution in [0.15, 0.2) is 12.1 Å². The minimum atomic E-state index is -0.953. The first kappa shape index (κ1) is 13.8. The number of hydrogen-bond acceptors (Lipinski definition) is 4. The molecule has 2 rings (SSSR count). The molecule has 1 fully saturated rings. The Morgan fingerprint density at radius 1 is 1.42 bits per heavy atom. The first-order chi connectivity index (χ1) is 9.06. The Bertz CT molecular complexity index is 462. The van der Waals surface area contributed by atoms with Gasteiger partial charge in [-0.25, -0.2) is 9.78 Å². The molecule has 0 saturated heterocycles. The lowest BCUT2D eigenvalue weighted by atomic mass is 9.86. The summed E-state index contributed by atoms with van der Waals surface area (Å²) in [7, 11) is 0. The number of nitrogens with one attached hydrogen (secondary N) is 1. The molecule has 1 aromatic rings. The van der Waals surface area contributed by atoms with E-state index in [0.29, 0.717) is 18.1 Å². The maximum atomic E-state index is 11.0. The molecule has 0 bridgehead atoms. The van der Waals surface area contributed by atoms with Crippen LogP contribution >= 0.6 is 0 Å². The predicted molar refractivity (Wildman–Crippen MR) is 72.4 cm³/mol. The average molecular weight is 264 g/mol. The molecule has 104 valence electrons. The number of carboxylic acid groups (broad SMARTS) is 1. The highest BCUT2D eigenvalue weighted by Crippen LogP contribution is 2.24. The molecule has 2 atom stereocenters. The van der Waals surface area contributed by atoms with Crippen molar-refractivity contribution in [2.24, 2.45) is 5.92 Å². The molecular weight excluding hydrogens is 244 g/mol. The molecular formula is C14H20N2O3. The van der Waals surface area contributed by atoms with Gasteiger partial charge in [0.05, 0.1) is 11.7 Å². The van der Waals surface area contributed by atoms with E-state index >= 15 is 0 Å². The van der Waals surface area contributed by atoms with Gasteiger partial charge in [0.1, 0.15) is 5.82 Å². The van der Waals surface area contributed by atoms with Gasteiger partial charge in [0, 0.05) is 18.2 Å². The summed E-state index contributed by atoms with van der Waals surface area (Å²) in [5.74, 6) is -0.161. The van der Waals surface area contributed by atoms with Crippen LogP contribution in [0.3, 0.4) is 0 Å². The molecule has 0 amide bonds. The lowest BCUT2D eigenvalue weighted by molar-refractivity contribution is 0.0696. The van der Waals surface area contributed by atoms with Crippen LogP contribution in [0.4, 0.5) is 5.82 Å². The summed E-state index contributed by atoms with van der Waals surface area (Å²) in [4.78, 5) is 15.2. The number of rotatable bonds is 4. The van der Waals surface area contributed by atoms with Crippen molar-refractivity contribution in [3.63, 3.8) is 0 Å². The monoisotopic (exact) mass is 264 g/mol. The largest absolute Gasteiger partial charge is 0.478 e. The number of carbonyl (C=O) groups is 1. The van der Waals surface area contributed by atoms with Crippen molar-refractivity contribution in [1.29, 1.82) is 0 Å². The highest BCUT2D eigenvalue weighted by Gasteiger charge is 2.22. The number of carboxylic acids is 1. The molecule has 1 aliphatic carbocycles. The molecule has 0 aromatic carbocycles. The highest BCUT2D eigenvalue weighted by molar-refractivity contribution is 5.88. The summed E-state index contributed by atoms with van der Waals surface area (Å²) >= 11 is 0. The Kier molecular flexibility index (Phi) is 4.37. The van der Waals surface area contributed by atoms with Gasteiger partial charge in [0.2, 0.25) is 0 Å². The number of aliphatic hydroxyl groups excluding tert-OH is 1. The minimum absolute atomic E-state index is 0.226. The van der Waals surface area contributed by atoms with E-state index in [2.05, 4.69) is 10.3 Å². The summed E-state index contributed by atoms with van der Waals surface area (Å²) in [6, 6.07) is 3.08. The van der Waals surface area contributed by atoms with Crippen LogP contribution in [0.25, 0.3) is 0 Å². The van der Waals surface area contributed by atoms with Gasteiger partial charge in [-0.15, -0.1) is 0 Å². The number of aliphatic hydroxyl groups is 1. The second-order valence-corrected chi connectivity index (χ2v) is 5.18. The summed E-state index contributed by atoms with van der Waals surface area (Å²) in [6.45, 7) is 2.41. The molecule has 0 radical (unpaired) electrons. The molecule has 19 heavy (non-hydrogen) atoms. The number of anilines is 1. The van der Waals surface area contributed by atoms with Crippen LogP contribution in [0, 0.1) is 12.8 Å². The second-order valence-electron chi connectivity index (χ2n) is 5.18. The SMILES string of the molecule is Cc1cc(C(=O)O)cc(NCC2CCCCC2O)n1. The maximum absolute atomic E-state index is 11.0. The van der Waals surface area contributed by atoms with Crippen LogP contribution in [0.2, 0.25) is 0 Å². The number of aromatic carboxylic acids is 1. The summed E-state index contributed by atoms with van der Waals surface area (Å²) in [5, 5.41) is 22.0. The topological polar surface area (TPSA) is 82.5 Å². The van der Waals surface area contributed by atoms with Crippen LogP contribution in [0.5, 0.6) is 0 Å². The first-order valence-corrected chi connectivity index (χ1v) is 6.70. The van der Waals surface area contributed by atoms with Crippen LogP contribution in [0.1, 0.15) is 41.7 Å². The Labute approximate surface area is 112 Å². The first-order valence-electron chi connectivity index (χ1n) is 6.70. The van der Waals surface area contributed by atoms with Gasteiger partial charge in [0.25, 0.3) is 0 Å². The fraction of sp³-hybridized carbons (Fsp3) is 0.571. The van der Waals surface area contributed by atoms with E-state index in [-0.39, 0.29) is 17.6 Å². The molecule has 1 aliphatic rings. The van der Waals surface area contributed by atoms with Gasteiger partial charge >= 0.3 is 5.97 Å². The van der Waals surface area contributed by atoms with Crippen molar-refractivity contribution in [3.8, 4) is 0 Å². The number of hydrogen-bond donors (Lipinski definition) is 3. The van der Waals surface area contributed by atoms with Crippen molar-refractivity contribution in [3.05, 3.63) is 23.4 Å². The molecule has 1 saturated carbocycles. The van der Waals surface area contributed by atoms with Crippen LogP contribution in [-0.2, 0) is 0 Å². The Morgan fingerprint density at radius 2 is 2.16 bits per heavy atom. The van der Waals surface area contributed by atoms with Gasteiger partial charge in [0.15, 0.2) is 0 Å². The smallest absolute Gasteiger partial charge is 0.335 e. The second kappa shape index (κ2) is 6.02. The summed E-state index contributed by atoms with van der Waals surface area (Å²) in [5.41, 5.74) is 0.908. The van der Waals surface area contributed by atoms with Gasteiger partial charge in [-0.2, -0.15) is 0 Å². The van der Waals surface area contributed by atoms with E-state index in [4.69, 9.17) is 5.11 Å². The third-order valence-corrected chi connectivity index (χ3v) is 3.61. The van der Waals surface area contributed by atoms with E-state index < -0.39 is 5.97 Å². The van der Waals surface area contributed by atoms with Crippen LogP contribution < -0.4 is 5.32 Å². The zero-order valence-electron chi connectivity index (χ0n) is 11.1. The van der Waals surface area contributed by atoms with Crippen LogP contribution in [-0.4, -0.2) is 33.8 Å². The van der Waals surface area contributed by atoms with Gasteiger partial charge in [-0.1, -0.05) is 12.8 Å². The van der Waals surface area contributed by atoms with Gasteiger partial charge in [-0.3, -0.25) is 0 Å². The van der Waals surface area contributed by atoms with Crippen molar-refractivity contribution < 1.29 is 15.0 Å². The molecule has 0 aliphatic heterocycles. The van der Waals surface area contributed by atoms with Gasteiger partial charge in [-0.05, 0) is 31.9 Å². The van der Waals surface area contributed by atoms with E-state index in [1.165, 1.54) is 6.07 Å². The van der Waals surface area contributed by atoms with Crippen molar-refractivity contribution in [2.75, 3.05) is 11.9 Å². The number of aryl methyl sites for hydroxylation is 1. The third-order valence-electron chi connectivity index (χ3n) is 3.61. The highest BCUT2D eigenvalue weighted by atomic mass is 16.4. The fourth-order valence-corrected chi connectivity index (χ4v) is 2.54. The average Bonchev–Trinajstić information content (AvgIpc) is 2.37. The number of aromatic nitrogens is 1. The standard InChI is InChI=1S/C14H20N2O3/c1-9-6-11(14(18)19)7-13(16-9)15-8-10-4-2-3-5-12(10)17/h6-7,10,12,17H,2-5,8H2,1H3,(H,15,16)(H,18,19). The van der Waals surface area contributed by atoms with Crippen molar-refractivity contribution in [2.45, 2.75) is 38.7 Å². The van der Waals surface area contributed by atoms with Crippen molar-refractivity contribution in [1.82, 2.24) is 4.98 Å². The predicted octanol–water partition coefficient (Wildman–Crippen LogP) is 2.05. The van der Waals surface area contributed by atoms with Gasteiger partial charge < -0.3 is 15.5 Å². The fourth-order valence-electron chi connectivity index (χ4n) is 2.54. The number of pyridine rings is 1. The van der Waals surface area contributed by atoms with Crippen molar-refractivity contribution >= 4 is 11.8 Å². The van der Waals surface area contributed by atoms with E-state index in [9.17, 15) is 9.90 Å². The van der Waals surface area contributed by atoms with E-state index in [1.54, 1.807) is 13.0 Å². The summed E-state index contributed by atoms with van der Waals surface area (Å²) in [6.07, 6.45) is 3.83. The van der Waals surface area contributed by atoms with E-state index in [0.717, 1.165) is 25.7 Å². The Hall–Kier alpha value is -1.62. The molecule has 5 nitrogen and oxygen atoms in total. The maximum Gasteiger partial charge on any atom is 0.335 e. The molecule has 2 unspecified atom stereocenters. The Morgan fingerprint density at radius 3 is 2.84 bits per heavy atom. The summed E-state index contributed by atoms with van der Waals surface area (Å²) < 4.78 is 0. The zero-order valence-corrected chi connectivity index (χ0v) is 11.1. The normalized spacial score (nSPS) is 23.1. The molecule has 1 aromatic heterocycles. The quantitative estimate of drug-likeness (QED) is 0.775. The lowest BCUT2D eigenvalue weighted by Crippen LogP contribution is -2.30. The molecule has 0 spiro atoms. The third kappa shape index (κ3) is 3.67. The Balaban J connectivity index is 2.00. The molecule has 3 N–H and O–H groups in total. The zero-order chi connectivity index (χ0) is 13.8. The minimum Gasteiger partial charge on any atom is -0.478 e. The van der Waals surface area contributed by atoms with E-state index in [1.807, 2.05) is 0 Å².